The highest BCUT2D eigenvalue weighted by atomic mass is 32.2. The Balaban J connectivity index is 2.90. The number of anilines is 1. The van der Waals surface area contributed by atoms with Crippen molar-refractivity contribution < 1.29 is 23.1 Å². The standard InChI is InChI=1S/C13H19N3O5S/c1-9-10(15-13(19)14-8-7-12(17)18)5-4-6-11(9)22(20,21)16(2)3/h4-6H,7-8H2,1-3H3,(H,17,18)(H2,14,15,19). The van der Waals surface area contributed by atoms with Gasteiger partial charge in [-0.05, 0) is 24.6 Å². The van der Waals surface area contributed by atoms with E-state index in [9.17, 15) is 18.0 Å². The monoisotopic (exact) mass is 329 g/mol. The van der Waals surface area contributed by atoms with E-state index in [2.05, 4.69) is 10.6 Å². The van der Waals surface area contributed by atoms with Crippen LogP contribution in [0.5, 0.6) is 0 Å². The zero-order valence-electron chi connectivity index (χ0n) is 12.6. The number of hydrogen-bond donors (Lipinski definition) is 3. The minimum Gasteiger partial charge on any atom is -0.481 e. The molecule has 0 fully saturated rings. The molecule has 0 aliphatic rings. The van der Waals surface area contributed by atoms with Gasteiger partial charge < -0.3 is 15.7 Å². The van der Waals surface area contributed by atoms with Gasteiger partial charge >= 0.3 is 12.0 Å². The van der Waals surface area contributed by atoms with Crippen molar-refractivity contribution in [3.8, 4) is 0 Å². The Bertz CT molecular complexity index is 670. The van der Waals surface area contributed by atoms with Gasteiger partial charge in [0.05, 0.1) is 11.3 Å². The quantitative estimate of drug-likeness (QED) is 0.715. The molecule has 0 unspecified atom stereocenters. The number of sulfonamides is 1. The lowest BCUT2D eigenvalue weighted by molar-refractivity contribution is -0.136. The number of benzene rings is 1. The molecule has 0 aromatic heterocycles. The maximum absolute atomic E-state index is 12.2. The van der Waals surface area contributed by atoms with Gasteiger partial charge in [0.25, 0.3) is 0 Å². The molecular weight excluding hydrogens is 310 g/mol. The molecule has 3 N–H and O–H groups in total. The average molecular weight is 329 g/mol. The van der Waals surface area contributed by atoms with Crippen molar-refractivity contribution in [1.29, 1.82) is 0 Å². The summed E-state index contributed by atoms with van der Waals surface area (Å²) in [6.45, 7) is 1.57. The molecule has 1 aromatic carbocycles. The molecule has 0 saturated heterocycles. The van der Waals surface area contributed by atoms with Crippen LogP contribution in [-0.2, 0) is 14.8 Å². The van der Waals surface area contributed by atoms with Crippen molar-refractivity contribution in [3.05, 3.63) is 23.8 Å². The Morgan fingerprint density at radius 2 is 1.91 bits per heavy atom. The summed E-state index contributed by atoms with van der Waals surface area (Å²) in [7, 11) is -0.762. The second kappa shape index (κ2) is 7.23. The summed E-state index contributed by atoms with van der Waals surface area (Å²) < 4.78 is 25.4. The fraction of sp³-hybridized carbons (Fsp3) is 0.385. The number of aliphatic carboxylic acids is 1. The van der Waals surface area contributed by atoms with Crippen LogP contribution in [0.1, 0.15) is 12.0 Å². The molecule has 22 heavy (non-hydrogen) atoms. The molecule has 9 heteroatoms. The number of carbonyl (C=O) groups is 2. The smallest absolute Gasteiger partial charge is 0.319 e. The molecule has 0 heterocycles. The third kappa shape index (κ3) is 4.43. The zero-order valence-corrected chi connectivity index (χ0v) is 13.4. The summed E-state index contributed by atoms with van der Waals surface area (Å²) in [5.74, 6) is -1.02. The van der Waals surface area contributed by atoms with E-state index < -0.39 is 22.0 Å². The maximum Gasteiger partial charge on any atom is 0.319 e. The Labute approximate surface area is 129 Å². The van der Waals surface area contributed by atoms with E-state index in [1.54, 1.807) is 13.0 Å². The fourth-order valence-electron chi connectivity index (χ4n) is 1.68. The van der Waals surface area contributed by atoms with E-state index in [4.69, 9.17) is 5.11 Å². The maximum atomic E-state index is 12.2. The van der Waals surface area contributed by atoms with Crippen LogP contribution in [0, 0.1) is 6.92 Å². The van der Waals surface area contributed by atoms with Crippen molar-refractivity contribution in [2.45, 2.75) is 18.2 Å². The van der Waals surface area contributed by atoms with Gasteiger partial charge in [-0.1, -0.05) is 6.07 Å². The van der Waals surface area contributed by atoms with Gasteiger partial charge in [0.1, 0.15) is 0 Å². The highest BCUT2D eigenvalue weighted by Crippen LogP contribution is 2.24. The highest BCUT2D eigenvalue weighted by molar-refractivity contribution is 7.89. The number of carboxylic acid groups (broad SMARTS) is 1. The Kier molecular flexibility index (Phi) is 5.89. The molecule has 1 rings (SSSR count). The molecule has 1 aromatic rings. The first-order valence-electron chi connectivity index (χ1n) is 6.45. The van der Waals surface area contributed by atoms with Crippen LogP contribution in [0.25, 0.3) is 0 Å². The normalized spacial score (nSPS) is 11.3. The molecule has 0 bridgehead atoms. The van der Waals surface area contributed by atoms with Crippen LogP contribution in [0.15, 0.2) is 23.1 Å². The summed E-state index contributed by atoms with van der Waals surface area (Å²) in [6.07, 6.45) is -0.193. The van der Waals surface area contributed by atoms with Gasteiger partial charge in [-0.3, -0.25) is 4.79 Å². The zero-order chi connectivity index (χ0) is 16.9. The summed E-state index contributed by atoms with van der Waals surface area (Å²) in [5.41, 5.74) is 0.750. The lowest BCUT2D eigenvalue weighted by atomic mass is 10.2. The van der Waals surface area contributed by atoms with Gasteiger partial charge in [0.2, 0.25) is 10.0 Å². The molecule has 122 valence electrons. The van der Waals surface area contributed by atoms with Gasteiger partial charge in [0, 0.05) is 26.3 Å². The van der Waals surface area contributed by atoms with Crippen molar-refractivity contribution in [2.24, 2.45) is 0 Å². The number of amides is 2. The lowest BCUT2D eigenvalue weighted by Gasteiger charge is -2.16. The third-order valence-electron chi connectivity index (χ3n) is 2.92. The van der Waals surface area contributed by atoms with E-state index in [0.717, 1.165) is 4.31 Å². The number of carbonyl (C=O) groups excluding carboxylic acids is 1. The number of nitrogens with zero attached hydrogens (tertiary/aromatic N) is 1. The fourth-order valence-corrected chi connectivity index (χ4v) is 2.82. The van der Waals surface area contributed by atoms with Crippen LogP contribution in [0.4, 0.5) is 10.5 Å². The van der Waals surface area contributed by atoms with E-state index >= 15 is 0 Å². The lowest BCUT2D eigenvalue weighted by Crippen LogP contribution is -2.31. The number of carboxylic acids is 1. The van der Waals surface area contributed by atoms with E-state index in [0.29, 0.717) is 11.3 Å². The van der Waals surface area contributed by atoms with Crippen molar-refractivity contribution in [3.63, 3.8) is 0 Å². The molecule has 8 nitrogen and oxygen atoms in total. The highest BCUT2D eigenvalue weighted by Gasteiger charge is 2.21. The molecule has 0 atom stereocenters. The largest absolute Gasteiger partial charge is 0.481 e. The Morgan fingerprint density at radius 3 is 2.45 bits per heavy atom. The van der Waals surface area contributed by atoms with Gasteiger partial charge in [-0.25, -0.2) is 17.5 Å². The van der Waals surface area contributed by atoms with E-state index in [-0.39, 0.29) is 17.9 Å². The molecule has 0 radical (unpaired) electrons. The minimum atomic E-state index is -3.61. The molecule has 0 aliphatic carbocycles. The van der Waals surface area contributed by atoms with E-state index in [1.807, 2.05) is 0 Å². The summed E-state index contributed by atoms with van der Waals surface area (Å²) >= 11 is 0. The topological polar surface area (TPSA) is 116 Å². The number of nitrogens with one attached hydrogen (secondary N) is 2. The average Bonchev–Trinajstić information content (AvgIpc) is 2.40. The predicted molar refractivity (Wildman–Crippen MR) is 81.3 cm³/mol. The van der Waals surface area contributed by atoms with Gasteiger partial charge in [-0.2, -0.15) is 0 Å². The second-order valence-corrected chi connectivity index (χ2v) is 6.86. The minimum absolute atomic E-state index is 0.0180. The van der Waals surface area contributed by atoms with Crippen molar-refractivity contribution in [1.82, 2.24) is 9.62 Å². The molecule has 2 amide bonds. The summed E-state index contributed by atoms with van der Waals surface area (Å²) in [4.78, 5) is 22.1. The van der Waals surface area contributed by atoms with Crippen LogP contribution in [0.3, 0.4) is 0 Å². The number of urea groups is 1. The molecular formula is C13H19N3O5S. The molecule has 0 aliphatic heterocycles. The van der Waals surface area contributed by atoms with Crippen LogP contribution in [-0.4, -0.2) is 50.5 Å². The molecule has 0 spiro atoms. The van der Waals surface area contributed by atoms with Crippen molar-refractivity contribution >= 4 is 27.7 Å². The first-order chi connectivity index (χ1) is 10.2. The summed E-state index contributed by atoms with van der Waals surface area (Å²) in [5, 5.41) is 13.4. The van der Waals surface area contributed by atoms with Gasteiger partial charge in [0.15, 0.2) is 0 Å². The van der Waals surface area contributed by atoms with Crippen LogP contribution < -0.4 is 10.6 Å². The second-order valence-electron chi connectivity index (χ2n) is 4.74. The van der Waals surface area contributed by atoms with Crippen LogP contribution >= 0.6 is 0 Å². The number of hydrogen-bond acceptors (Lipinski definition) is 4. The number of rotatable bonds is 6. The third-order valence-corrected chi connectivity index (χ3v) is 4.87. The Morgan fingerprint density at radius 1 is 1.27 bits per heavy atom. The first kappa shape index (κ1) is 17.9. The Hall–Kier alpha value is -2.13. The van der Waals surface area contributed by atoms with Crippen LogP contribution in [0.2, 0.25) is 0 Å². The summed E-state index contributed by atoms with van der Waals surface area (Å²) in [6, 6.07) is 3.96. The van der Waals surface area contributed by atoms with E-state index in [1.165, 1.54) is 26.2 Å². The predicted octanol–water partition coefficient (Wildman–Crippen LogP) is 0.842. The first-order valence-corrected chi connectivity index (χ1v) is 7.89. The molecule has 0 saturated carbocycles. The SMILES string of the molecule is Cc1c(NC(=O)NCCC(=O)O)cccc1S(=O)(=O)N(C)C. The van der Waals surface area contributed by atoms with Crippen molar-refractivity contribution in [2.75, 3.05) is 26.0 Å². The van der Waals surface area contributed by atoms with Gasteiger partial charge in [-0.15, -0.1) is 0 Å².